The molecule has 0 bridgehead atoms. The van der Waals surface area contributed by atoms with Crippen LogP contribution in [0.3, 0.4) is 0 Å². The highest BCUT2D eigenvalue weighted by Gasteiger charge is 2.05. The molecule has 0 aromatic carbocycles. The van der Waals surface area contributed by atoms with E-state index < -0.39 is 0 Å². The van der Waals surface area contributed by atoms with Crippen molar-refractivity contribution in [3.8, 4) is 0 Å². The zero-order chi connectivity index (χ0) is 12.8. The monoisotopic (exact) mass is 264 g/mol. The van der Waals surface area contributed by atoms with Crippen molar-refractivity contribution in [2.24, 2.45) is 0 Å². The molecule has 1 unspecified atom stereocenters. The summed E-state index contributed by atoms with van der Waals surface area (Å²) in [6.45, 7) is 5.46. The Labute approximate surface area is 112 Å². The van der Waals surface area contributed by atoms with E-state index >= 15 is 0 Å². The van der Waals surface area contributed by atoms with E-state index in [1.54, 1.807) is 11.8 Å². The standard InChI is InChI=1S/C13H20N4S/c1-3-6-11(2)14-8-10-18-13-16-15-12-7-4-5-9-17(12)13/h4-5,7,9,11,14H,3,6,8,10H2,1-2H3. The van der Waals surface area contributed by atoms with E-state index in [0.29, 0.717) is 6.04 Å². The van der Waals surface area contributed by atoms with Gasteiger partial charge in [0.25, 0.3) is 0 Å². The van der Waals surface area contributed by atoms with E-state index in [4.69, 9.17) is 0 Å². The van der Waals surface area contributed by atoms with Gasteiger partial charge in [0.1, 0.15) is 0 Å². The zero-order valence-electron chi connectivity index (χ0n) is 11.0. The summed E-state index contributed by atoms with van der Waals surface area (Å²) in [4.78, 5) is 0. The smallest absolute Gasteiger partial charge is 0.195 e. The second kappa shape index (κ2) is 6.75. The normalized spacial score (nSPS) is 13.0. The molecule has 0 fully saturated rings. The highest BCUT2D eigenvalue weighted by molar-refractivity contribution is 7.99. The summed E-state index contributed by atoms with van der Waals surface area (Å²) in [5, 5.41) is 12.8. The van der Waals surface area contributed by atoms with Crippen LogP contribution < -0.4 is 5.32 Å². The van der Waals surface area contributed by atoms with Gasteiger partial charge in [0.2, 0.25) is 0 Å². The zero-order valence-corrected chi connectivity index (χ0v) is 11.8. The van der Waals surface area contributed by atoms with Crippen LogP contribution in [0.25, 0.3) is 5.65 Å². The molecule has 1 N–H and O–H groups in total. The highest BCUT2D eigenvalue weighted by atomic mass is 32.2. The van der Waals surface area contributed by atoms with Crippen LogP contribution in [0.5, 0.6) is 0 Å². The van der Waals surface area contributed by atoms with E-state index in [1.807, 2.05) is 28.8 Å². The predicted octanol–water partition coefficient (Wildman–Crippen LogP) is 2.60. The minimum Gasteiger partial charge on any atom is -0.313 e. The minimum atomic E-state index is 0.603. The van der Waals surface area contributed by atoms with Crippen LogP contribution in [0.1, 0.15) is 26.7 Å². The van der Waals surface area contributed by atoms with Gasteiger partial charge >= 0.3 is 0 Å². The van der Waals surface area contributed by atoms with E-state index in [0.717, 1.165) is 23.1 Å². The van der Waals surface area contributed by atoms with Crippen molar-refractivity contribution < 1.29 is 0 Å². The molecule has 0 spiro atoms. The van der Waals surface area contributed by atoms with Crippen molar-refractivity contribution in [1.29, 1.82) is 0 Å². The largest absolute Gasteiger partial charge is 0.313 e. The molecule has 2 aromatic rings. The predicted molar refractivity (Wildman–Crippen MR) is 76.1 cm³/mol. The van der Waals surface area contributed by atoms with Crippen molar-refractivity contribution >= 4 is 17.4 Å². The highest BCUT2D eigenvalue weighted by Crippen LogP contribution is 2.15. The first-order valence-corrected chi connectivity index (χ1v) is 7.45. The lowest BCUT2D eigenvalue weighted by atomic mass is 10.2. The lowest BCUT2D eigenvalue weighted by Crippen LogP contribution is -2.27. The first kappa shape index (κ1) is 13.4. The Morgan fingerprint density at radius 3 is 3.11 bits per heavy atom. The van der Waals surface area contributed by atoms with Crippen molar-refractivity contribution in [2.45, 2.75) is 37.9 Å². The molecule has 0 aliphatic carbocycles. The van der Waals surface area contributed by atoms with Crippen LogP contribution in [0, 0.1) is 0 Å². The maximum Gasteiger partial charge on any atom is 0.195 e. The number of fused-ring (bicyclic) bond motifs is 1. The lowest BCUT2D eigenvalue weighted by molar-refractivity contribution is 0.526. The molecule has 4 nitrogen and oxygen atoms in total. The van der Waals surface area contributed by atoms with Crippen molar-refractivity contribution in [3.05, 3.63) is 24.4 Å². The lowest BCUT2D eigenvalue weighted by Gasteiger charge is -2.11. The Morgan fingerprint density at radius 1 is 1.39 bits per heavy atom. The molecule has 2 rings (SSSR count). The van der Waals surface area contributed by atoms with Gasteiger partial charge in [-0.25, -0.2) is 0 Å². The number of nitrogens with zero attached hydrogens (tertiary/aromatic N) is 3. The van der Waals surface area contributed by atoms with E-state index in [9.17, 15) is 0 Å². The molecule has 0 aliphatic rings. The number of aromatic nitrogens is 3. The molecule has 0 aliphatic heterocycles. The van der Waals surface area contributed by atoms with Crippen LogP contribution in [-0.2, 0) is 0 Å². The van der Waals surface area contributed by atoms with Gasteiger partial charge < -0.3 is 5.32 Å². The number of hydrogen-bond acceptors (Lipinski definition) is 4. The SMILES string of the molecule is CCCC(C)NCCSc1nnc2ccccn12. The molecular weight excluding hydrogens is 244 g/mol. The Kier molecular flexibility index (Phi) is 5.01. The molecule has 0 amide bonds. The molecule has 18 heavy (non-hydrogen) atoms. The van der Waals surface area contributed by atoms with E-state index in [1.165, 1.54) is 12.8 Å². The molecule has 0 saturated heterocycles. The van der Waals surface area contributed by atoms with Crippen LogP contribution >= 0.6 is 11.8 Å². The topological polar surface area (TPSA) is 42.2 Å². The number of pyridine rings is 1. The van der Waals surface area contributed by atoms with Crippen molar-refractivity contribution in [3.63, 3.8) is 0 Å². The third-order valence-corrected chi connectivity index (χ3v) is 3.77. The summed E-state index contributed by atoms with van der Waals surface area (Å²) in [6.07, 6.45) is 4.47. The third-order valence-electron chi connectivity index (χ3n) is 2.83. The minimum absolute atomic E-state index is 0.603. The van der Waals surface area contributed by atoms with Gasteiger partial charge in [-0.3, -0.25) is 4.40 Å². The molecular formula is C13H20N4S. The Hall–Kier alpha value is -1.07. The maximum atomic E-state index is 4.20. The fraction of sp³-hybridized carbons (Fsp3) is 0.538. The second-order valence-corrected chi connectivity index (χ2v) is 5.47. The van der Waals surface area contributed by atoms with Gasteiger partial charge in [-0.2, -0.15) is 0 Å². The van der Waals surface area contributed by atoms with Crippen LogP contribution in [0.15, 0.2) is 29.6 Å². The van der Waals surface area contributed by atoms with Crippen LogP contribution in [0.4, 0.5) is 0 Å². The molecule has 1 atom stereocenters. The molecule has 0 radical (unpaired) electrons. The van der Waals surface area contributed by atoms with Crippen LogP contribution in [0.2, 0.25) is 0 Å². The number of hydrogen-bond donors (Lipinski definition) is 1. The average molecular weight is 264 g/mol. The second-order valence-electron chi connectivity index (χ2n) is 4.40. The molecule has 2 heterocycles. The first-order chi connectivity index (χ1) is 8.81. The number of rotatable bonds is 7. The molecule has 98 valence electrons. The Morgan fingerprint density at radius 2 is 2.28 bits per heavy atom. The van der Waals surface area contributed by atoms with E-state index in [-0.39, 0.29) is 0 Å². The fourth-order valence-electron chi connectivity index (χ4n) is 1.90. The summed E-state index contributed by atoms with van der Waals surface area (Å²) in [5.74, 6) is 1.02. The average Bonchev–Trinajstić information content (AvgIpc) is 2.78. The van der Waals surface area contributed by atoms with Crippen LogP contribution in [-0.4, -0.2) is 32.9 Å². The fourth-order valence-corrected chi connectivity index (χ4v) is 2.70. The van der Waals surface area contributed by atoms with Gasteiger partial charge in [-0.1, -0.05) is 31.2 Å². The number of thioether (sulfide) groups is 1. The molecule has 0 saturated carbocycles. The summed E-state index contributed by atoms with van der Waals surface area (Å²) in [6, 6.07) is 6.55. The van der Waals surface area contributed by atoms with Gasteiger partial charge in [-0.15, -0.1) is 10.2 Å². The van der Waals surface area contributed by atoms with Crippen molar-refractivity contribution in [2.75, 3.05) is 12.3 Å². The summed E-state index contributed by atoms with van der Waals surface area (Å²) in [5.41, 5.74) is 0.910. The number of nitrogens with one attached hydrogen (secondary N) is 1. The first-order valence-electron chi connectivity index (χ1n) is 6.47. The Bertz CT molecular complexity index is 483. The maximum absolute atomic E-state index is 4.20. The van der Waals surface area contributed by atoms with Crippen molar-refractivity contribution in [1.82, 2.24) is 19.9 Å². The third kappa shape index (κ3) is 3.46. The quantitative estimate of drug-likeness (QED) is 0.616. The molecule has 2 aromatic heterocycles. The van der Waals surface area contributed by atoms with Gasteiger partial charge in [0.15, 0.2) is 10.8 Å². The summed E-state index contributed by atoms with van der Waals surface area (Å²) in [7, 11) is 0. The van der Waals surface area contributed by atoms with Gasteiger partial charge in [0, 0.05) is 24.5 Å². The molecule has 5 heteroatoms. The Balaban J connectivity index is 1.80. The summed E-state index contributed by atoms with van der Waals surface area (Å²) >= 11 is 1.74. The van der Waals surface area contributed by atoms with Gasteiger partial charge in [0.05, 0.1) is 0 Å². The van der Waals surface area contributed by atoms with E-state index in [2.05, 4.69) is 29.4 Å². The summed E-state index contributed by atoms with van der Waals surface area (Å²) < 4.78 is 2.03. The van der Waals surface area contributed by atoms with Gasteiger partial charge in [-0.05, 0) is 25.5 Å².